The van der Waals surface area contributed by atoms with Crippen molar-refractivity contribution in [1.82, 2.24) is 10.2 Å². The van der Waals surface area contributed by atoms with Gasteiger partial charge in [-0.25, -0.2) is 0 Å². The van der Waals surface area contributed by atoms with Crippen LogP contribution in [0.5, 0.6) is 0 Å². The van der Waals surface area contributed by atoms with Crippen molar-refractivity contribution in [3.63, 3.8) is 0 Å². The zero-order valence-electron chi connectivity index (χ0n) is 14.6. The Morgan fingerprint density at radius 2 is 2.29 bits per heavy atom. The molecule has 24 heavy (non-hydrogen) atoms. The minimum atomic E-state index is -0.610. The molecule has 5 heteroatoms. The highest BCUT2D eigenvalue weighted by atomic mass is 16.3. The van der Waals surface area contributed by atoms with E-state index >= 15 is 0 Å². The fourth-order valence-corrected chi connectivity index (χ4v) is 3.88. The molecule has 1 aromatic rings. The maximum atomic E-state index is 12.3. The molecule has 1 aromatic heterocycles. The summed E-state index contributed by atoms with van der Waals surface area (Å²) in [6.45, 7) is 5.94. The molecule has 2 fully saturated rings. The molecule has 0 radical (unpaired) electrons. The van der Waals surface area contributed by atoms with E-state index in [1.165, 1.54) is 5.57 Å². The van der Waals surface area contributed by atoms with E-state index in [1.54, 1.807) is 6.26 Å². The Bertz CT molecular complexity index is 573. The standard InChI is InChI=1S/C19H29N3O2/c1-15(11-17-5-4-10-24-17)13-22-9-6-16(14-22)12-21-18(23)19(20)7-2-3-8-19/h4-5,10-11,16H,2-3,6-9,12-14,20H2,1H3,(H,21,23)/b15-11+/t16-/m0/s1. The molecule has 5 nitrogen and oxygen atoms in total. The average molecular weight is 331 g/mol. The number of furan rings is 1. The van der Waals surface area contributed by atoms with Gasteiger partial charge in [-0.15, -0.1) is 0 Å². The van der Waals surface area contributed by atoms with Crippen LogP contribution in [0.4, 0.5) is 0 Å². The smallest absolute Gasteiger partial charge is 0.240 e. The molecule has 1 saturated heterocycles. The lowest BCUT2D eigenvalue weighted by atomic mass is 9.97. The molecular formula is C19H29N3O2. The molecule has 3 rings (SSSR count). The van der Waals surface area contributed by atoms with Gasteiger partial charge in [-0.3, -0.25) is 9.69 Å². The number of carbonyl (C=O) groups excluding carboxylic acids is 1. The zero-order valence-corrected chi connectivity index (χ0v) is 14.6. The van der Waals surface area contributed by atoms with Crippen molar-refractivity contribution in [3.8, 4) is 0 Å². The third-order valence-electron chi connectivity index (χ3n) is 5.27. The first-order chi connectivity index (χ1) is 11.5. The van der Waals surface area contributed by atoms with E-state index in [-0.39, 0.29) is 5.91 Å². The summed E-state index contributed by atoms with van der Waals surface area (Å²) < 4.78 is 5.36. The summed E-state index contributed by atoms with van der Waals surface area (Å²) in [6.07, 6.45) is 8.71. The summed E-state index contributed by atoms with van der Waals surface area (Å²) >= 11 is 0. The molecular weight excluding hydrogens is 302 g/mol. The minimum absolute atomic E-state index is 0.0485. The summed E-state index contributed by atoms with van der Waals surface area (Å²) in [5, 5.41) is 3.10. The van der Waals surface area contributed by atoms with Gasteiger partial charge in [-0.1, -0.05) is 18.4 Å². The molecule has 2 aliphatic rings. The first-order valence-electron chi connectivity index (χ1n) is 9.05. The molecule has 0 bridgehead atoms. The molecule has 1 saturated carbocycles. The fourth-order valence-electron chi connectivity index (χ4n) is 3.88. The van der Waals surface area contributed by atoms with Crippen LogP contribution < -0.4 is 11.1 Å². The van der Waals surface area contributed by atoms with Crippen LogP contribution >= 0.6 is 0 Å². The lowest BCUT2D eigenvalue weighted by Gasteiger charge is -2.23. The lowest BCUT2D eigenvalue weighted by molar-refractivity contribution is -0.126. The third-order valence-corrected chi connectivity index (χ3v) is 5.27. The maximum absolute atomic E-state index is 12.3. The second-order valence-corrected chi connectivity index (χ2v) is 7.47. The van der Waals surface area contributed by atoms with Gasteiger partial charge in [0.15, 0.2) is 0 Å². The van der Waals surface area contributed by atoms with Gasteiger partial charge in [-0.2, -0.15) is 0 Å². The maximum Gasteiger partial charge on any atom is 0.240 e. The topological polar surface area (TPSA) is 71.5 Å². The summed E-state index contributed by atoms with van der Waals surface area (Å²) in [4.78, 5) is 14.7. The molecule has 1 amide bonds. The Hall–Kier alpha value is -1.59. The number of amides is 1. The van der Waals surface area contributed by atoms with Crippen molar-refractivity contribution in [1.29, 1.82) is 0 Å². The van der Waals surface area contributed by atoms with Gasteiger partial charge < -0.3 is 15.5 Å². The third kappa shape index (κ3) is 4.28. The molecule has 1 aliphatic heterocycles. The highest BCUT2D eigenvalue weighted by Crippen LogP contribution is 2.27. The first-order valence-corrected chi connectivity index (χ1v) is 9.05. The monoisotopic (exact) mass is 331 g/mol. The lowest BCUT2D eigenvalue weighted by Crippen LogP contribution is -2.52. The van der Waals surface area contributed by atoms with Crippen molar-refractivity contribution in [3.05, 3.63) is 29.7 Å². The Morgan fingerprint density at radius 3 is 3.00 bits per heavy atom. The van der Waals surface area contributed by atoms with Crippen LogP contribution in [0.15, 0.2) is 28.4 Å². The van der Waals surface area contributed by atoms with Crippen molar-refractivity contribution in [2.75, 3.05) is 26.2 Å². The summed E-state index contributed by atoms with van der Waals surface area (Å²) in [6, 6.07) is 3.87. The molecule has 1 atom stereocenters. The normalized spacial score (nSPS) is 24.4. The van der Waals surface area contributed by atoms with Crippen LogP contribution in [0.3, 0.4) is 0 Å². The van der Waals surface area contributed by atoms with E-state index in [4.69, 9.17) is 10.2 Å². The van der Waals surface area contributed by atoms with E-state index in [0.29, 0.717) is 5.92 Å². The molecule has 2 heterocycles. The number of hydrogen-bond acceptors (Lipinski definition) is 4. The number of nitrogens with one attached hydrogen (secondary N) is 1. The van der Waals surface area contributed by atoms with Crippen molar-refractivity contribution in [2.24, 2.45) is 11.7 Å². The molecule has 0 unspecified atom stereocenters. The van der Waals surface area contributed by atoms with Crippen LogP contribution in [-0.4, -0.2) is 42.5 Å². The first kappa shape index (κ1) is 17.2. The van der Waals surface area contributed by atoms with E-state index in [1.807, 2.05) is 12.1 Å². The number of rotatable bonds is 6. The van der Waals surface area contributed by atoms with E-state index in [2.05, 4.69) is 23.2 Å². The average Bonchev–Trinajstić information content (AvgIpc) is 3.28. The quantitative estimate of drug-likeness (QED) is 0.839. The van der Waals surface area contributed by atoms with Gasteiger partial charge in [0.2, 0.25) is 5.91 Å². The van der Waals surface area contributed by atoms with Crippen molar-refractivity contribution in [2.45, 2.75) is 44.6 Å². The molecule has 3 N–H and O–H groups in total. The predicted molar refractivity (Wildman–Crippen MR) is 95.3 cm³/mol. The van der Waals surface area contributed by atoms with Crippen LogP contribution in [0, 0.1) is 5.92 Å². The number of carbonyl (C=O) groups is 1. The Morgan fingerprint density at radius 1 is 1.50 bits per heavy atom. The van der Waals surface area contributed by atoms with Gasteiger partial charge in [0.25, 0.3) is 0 Å². The largest absolute Gasteiger partial charge is 0.465 e. The van der Waals surface area contributed by atoms with Gasteiger partial charge in [0.05, 0.1) is 11.8 Å². The number of likely N-dealkylation sites (tertiary alicyclic amines) is 1. The SMILES string of the molecule is C/C(=C\c1ccco1)CN1CC[C@@H](CNC(=O)C2(N)CCCC2)C1. The van der Waals surface area contributed by atoms with E-state index < -0.39 is 5.54 Å². The predicted octanol–water partition coefficient (Wildman–Crippen LogP) is 2.39. The van der Waals surface area contributed by atoms with E-state index in [9.17, 15) is 4.79 Å². The van der Waals surface area contributed by atoms with Gasteiger partial charge in [0.1, 0.15) is 5.76 Å². The van der Waals surface area contributed by atoms with Crippen LogP contribution in [0.25, 0.3) is 6.08 Å². The summed E-state index contributed by atoms with van der Waals surface area (Å²) in [7, 11) is 0. The van der Waals surface area contributed by atoms with Crippen molar-refractivity contribution < 1.29 is 9.21 Å². The van der Waals surface area contributed by atoms with Crippen LogP contribution in [-0.2, 0) is 4.79 Å². The summed E-state index contributed by atoms with van der Waals surface area (Å²) in [5.74, 6) is 1.48. The Labute approximate surface area is 144 Å². The van der Waals surface area contributed by atoms with Gasteiger partial charge in [0, 0.05) is 19.6 Å². The molecule has 1 aliphatic carbocycles. The number of hydrogen-bond donors (Lipinski definition) is 2. The Kier molecular flexibility index (Phi) is 5.41. The van der Waals surface area contributed by atoms with E-state index in [0.717, 1.165) is 64.0 Å². The van der Waals surface area contributed by atoms with Crippen molar-refractivity contribution >= 4 is 12.0 Å². The second-order valence-electron chi connectivity index (χ2n) is 7.47. The minimum Gasteiger partial charge on any atom is -0.465 e. The second kappa shape index (κ2) is 7.53. The highest BCUT2D eigenvalue weighted by Gasteiger charge is 2.37. The molecule has 132 valence electrons. The van der Waals surface area contributed by atoms with Gasteiger partial charge >= 0.3 is 0 Å². The molecule has 0 spiro atoms. The molecule has 0 aromatic carbocycles. The van der Waals surface area contributed by atoms with Crippen LogP contribution in [0.2, 0.25) is 0 Å². The highest BCUT2D eigenvalue weighted by molar-refractivity contribution is 5.86. The van der Waals surface area contributed by atoms with Crippen LogP contribution in [0.1, 0.15) is 44.8 Å². The van der Waals surface area contributed by atoms with Gasteiger partial charge in [-0.05, 0) is 56.9 Å². The number of nitrogens with two attached hydrogens (primary N) is 1. The summed E-state index contributed by atoms with van der Waals surface area (Å²) in [5.41, 5.74) is 6.89. The fraction of sp³-hybridized carbons (Fsp3) is 0.632. The zero-order chi connectivity index (χ0) is 17.0. The Balaban J connectivity index is 1.41. The number of nitrogens with zero attached hydrogens (tertiary/aromatic N) is 1.